The van der Waals surface area contributed by atoms with Crippen LogP contribution in [0.1, 0.15) is 0 Å². The topological polar surface area (TPSA) is 12.9 Å². The Bertz CT molecular complexity index is 412. The Morgan fingerprint density at radius 3 is 2.69 bits per heavy atom. The quantitative estimate of drug-likeness (QED) is 0.718. The summed E-state index contributed by atoms with van der Waals surface area (Å²) in [5.41, 5.74) is 0.932. The van der Waals surface area contributed by atoms with Crippen molar-refractivity contribution in [2.45, 2.75) is 0 Å². The van der Waals surface area contributed by atoms with Gasteiger partial charge in [0.05, 0.1) is 5.02 Å². The van der Waals surface area contributed by atoms with Crippen LogP contribution in [0.15, 0.2) is 29.8 Å². The summed E-state index contributed by atoms with van der Waals surface area (Å²) in [5, 5.41) is 4.12. The normalized spacial score (nSPS) is 10.3. The van der Waals surface area contributed by atoms with Gasteiger partial charge in [0, 0.05) is 22.2 Å². The molecule has 4 heteroatoms. The second-order valence-corrected chi connectivity index (χ2v) is 4.20. The van der Waals surface area contributed by atoms with E-state index >= 15 is 0 Å². The molecule has 0 atom stereocenters. The molecule has 0 aliphatic rings. The zero-order valence-electron chi connectivity index (χ0n) is 6.50. The second-order valence-electron chi connectivity index (χ2n) is 2.46. The average Bonchev–Trinajstić information content (AvgIpc) is 2.56. The summed E-state index contributed by atoms with van der Waals surface area (Å²) in [6, 6.07) is 5.41. The molecule has 13 heavy (non-hydrogen) atoms. The van der Waals surface area contributed by atoms with Crippen molar-refractivity contribution in [3.8, 4) is 10.6 Å². The Morgan fingerprint density at radius 1 is 1.23 bits per heavy atom. The fraction of sp³-hybridized carbons (Fsp3) is 0. The minimum absolute atomic E-state index is 0.641. The average molecular weight is 230 g/mol. The molecule has 0 amide bonds. The summed E-state index contributed by atoms with van der Waals surface area (Å²) in [7, 11) is 0. The number of benzene rings is 1. The lowest BCUT2D eigenvalue weighted by Gasteiger charge is -1.99. The minimum Gasteiger partial charge on any atom is -0.244 e. The van der Waals surface area contributed by atoms with Gasteiger partial charge in [0.25, 0.3) is 0 Å². The number of hydrogen-bond acceptors (Lipinski definition) is 2. The van der Waals surface area contributed by atoms with Gasteiger partial charge in [-0.2, -0.15) is 0 Å². The molecular weight excluding hydrogens is 225 g/mol. The highest BCUT2D eigenvalue weighted by Gasteiger charge is 2.05. The molecule has 0 radical (unpaired) electrons. The van der Waals surface area contributed by atoms with Gasteiger partial charge >= 0.3 is 0 Å². The van der Waals surface area contributed by atoms with E-state index in [9.17, 15) is 0 Å². The molecule has 2 rings (SSSR count). The first kappa shape index (κ1) is 9.00. The van der Waals surface area contributed by atoms with Crippen LogP contribution in [0.5, 0.6) is 0 Å². The van der Waals surface area contributed by atoms with E-state index in [4.69, 9.17) is 23.2 Å². The third-order valence-electron chi connectivity index (χ3n) is 1.59. The van der Waals surface area contributed by atoms with Crippen molar-refractivity contribution in [2.75, 3.05) is 0 Å². The predicted octanol–water partition coefficient (Wildman–Crippen LogP) is 4.12. The monoisotopic (exact) mass is 229 g/mol. The molecule has 0 N–H and O–H groups in total. The van der Waals surface area contributed by atoms with E-state index in [-0.39, 0.29) is 0 Å². The van der Waals surface area contributed by atoms with Crippen molar-refractivity contribution in [1.29, 1.82) is 0 Å². The molecular formula is C9H5Cl2NS. The Hall–Kier alpha value is -0.570. The number of halogens is 2. The van der Waals surface area contributed by atoms with Crippen molar-refractivity contribution in [1.82, 2.24) is 4.98 Å². The highest BCUT2D eigenvalue weighted by atomic mass is 35.5. The Labute approximate surface area is 90.0 Å². The zero-order valence-corrected chi connectivity index (χ0v) is 8.83. The van der Waals surface area contributed by atoms with Crippen molar-refractivity contribution in [3.63, 3.8) is 0 Å². The molecule has 0 aliphatic heterocycles. The molecule has 0 saturated carbocycles. The summed E-state index contributed by atoms with van der Waals surface area (Å²) in [6.07, 6.45) is 1.75. The van der Waals surface area contributed by atoms with Gasteiger partial charge in [0.1, 0.15) is 5.01 Å². The standard InChI is InChI=1S/C9H5Cl2NS/c10-6-1-2-7(8(11)5-6)9-12-3-4-13-9/h1-5H. The molecule has 66 valence electrons. The van der Waals surface area contributed by atoms with E-state index in [0.717, 1.165) is 10.6 Å². The highest BCUT2D eigenvalue weighted by molar-refractivity contribution is 7.13. The first-order valence-electron chi connectivity index (χ1n) is 3.62. The van der Waals surface area contributed by atoms with Gasteiger partial charge in [0.2, 0.25) is 0 Å². The molecule has 1 aromatic heterocycles. The molecule has 0 aliphatic carbocycles. The first-order valence-corrected chi connectivity index (χ1v) is 5.26. The first-order chi connectivity index (χ1) is 6.27. The number of rotatable bonds is 1. The van der Waals surface area contributed by atoms with Crippen LogP contribution in [-0.4, -0.2) is 4.98 Å². The molecule has 0 saturated heterocycles. The van der Waals surface area contributed by atoms with Gasteiger partial charge in [-0.25, -0.2) is 4.98 Å². The fourth-order valence-electron chi connectivity index (χ4n) is 1.02. The van der Waals surface area contributed by atoms with E-state index in [2.05, 4.69) is 4.98 Å². The van der Waals surface area contributed by atoms with Crippen LogP contribution < -0.4 is 0 Å². The predicted molar refractivity (Wildman–Crippen MR) is 57.6 cm³/mol. The third kappa shape index (κ3) is 1.85. The smallest absolute Gasteiger partial charge is 0.124 e. The van der Waals surface area contributed by atoms with Crippen LogP contribution in [0.2, 0.25) is 10.0 Å². The maximum atomic E-state index is 6.00. The second kappa shape index (κ2) is 3.66. The van der Waals surface area contributed by atoms with Crippen molar-refractivity contribution in [2.24, 2.45) is 0 Å². The summed E-state index contributed by atoms with van der Waals surface area (Å²) in [5.74, 6) is 0. The lowest BCUT2D eigenvalue weighted by Crippen LogP contribution is -1.77. The van der Waals surface area contributed by atoms with E-state index < -0.39 is 0 Å². The van der Waals surface area contributed by atoms with Crippen LogP contribution >= 0.6 is 34.5 Å². The Kier molecular flexibility index (Phi) is 2.54. The summed E-state index contributed by atoms with van der Waals surface area (Å²) >= 11 is 13.3. The molecule has 1 aromatic carbocycles. The van der Waals surface area contributed by atoms with Gasteiger partial charge < -0.3 is 0 Å². The van der Waals surface area contributed by atoms with Gasteiger partial charge in [-0.3, -0.25) is 0 Å². The van der Waals surface area contributed by atoms with E-state index in [1.165, 1.54) is 0 Å². The van der Waals surface area contributed by atoms with Gasteiger partial charge in [-0.05, 0) is 18.2 Å². The van der Waals surface area contributed by atoms with Crippen molar-refractivity contribution in [3.05, 3.63) is 39.8 Å². The van der Waals surface area contributed by atoms with Crippen LogP contribution in [-0.2, 0) is 0 Å². The molecule has 1 nitrogen and oxygen atoms in total. The van der Waals surface area contributed by atoms with E-state index in [1.54, 1.807) is 23.6 Å². The van der Waals surface area contributed by atoms with Crippen molar-refractivity contribution < 1.29 is 0 Å². The Morgan fingerprint density at radius 2 is 2.08 bits per heavy atom. The number of thiazole rings is 1. The molecule has 0 unspecified atom stereocenters. The fourth-order valence-corrected chi connectivity index (χ4v) is 2.25. The summed E-state index contributed by atoms with van der Waals surface area (Å²) in [6.45, 7) is 0. The van der Waals surface area contributed by atoms with Crippen LogP contribution in [0, 0.1) is 0 Å². The molecule has 2 aromatic rings. The molecule has 0 bridgehead atoms. The number of nitrogens with zero attached hydrogens (tertiary/aromatic N) is 1. The molecule has 0 fully saturated rings. The molecule has 0 spiro atoms. The summed E-state index contributed by atoms with van der Waals surface area (Å²) < 4.78 is 0. The number of aromatic nitrogens is 1. The van der Waals surface area contributed by atoms with Crippen LogP contribution in [0.4, 0.5) is 0 Å². The summed E-state index contributed by atoms with van der Waals surface area (Å²) in [4.78, 5) is 4.17. The van der Waals surface area contributed by atoms with E-state index in [0.29, 0.717) is 10.0 Å². The lowest BCUT2D eigenvalue weighted by molar-refractivity contribution is 1.41. The Balaban J connectivity index is 2.53. The van der Waals surface area contributed by atoms with Gasteiger partial charge in [0.15, 0.2) is 0 Å². The van der Waals surface area contributed by atoms with Gasteiger partial charge in [-0.15, -0.1) is 11.3 Å². The minimum atomic E-state index is 0.641. The molecule has 1 heterocycles. The van der Waals surface area contributed by atoms with E-state index in [1.807, 2.05) is 17.5 Å². The maximum absolute atomic E-state index is 6.00. The van der Waals surface area contributed by atoms with Crippen molar-refractivity contribution >= 4 is 34.5 Å². The van der Waals surface area contributed by atoms with Crippen LogP contribution in [0.3, 0.4) is 0 Å². The lowest BCUT2D eigenvalue weighted by atomic mass is 10.2. The SMILES string of the molecule is Clc1ccc(-c2nccs2)c(Cl)c1. The van der Waals surface area contributed by atoms with Gasteiger partial charge in [-0.1, -0.05) is 23.2 Å². The largest absolute Gasteiger partial charge is 0.244 e. The number of hydrogen-bond donors (Lipinski definition) is 0. The zero-order chi connectivity index (χ0) is 9.26. The maximum Gasteiger partial charge on any atom is 0.124 e. The highest BCUT2D eigenvalue weighted by Crippen LogP contribution is 2.31. The van der Waals surface area contributed by atoms with Crippen LogP contribution in [0.25, 0.3) is 10.6 Å². The third-order valence-corrected chi connectivity index (χ3v) is 2.95.